The van der Waals surface area contributed by atoms with Crippen molar-refractivity contribution >= 4 is 17.3 Å². The Morgan fingerprint density at radius 2 is 1.79 bits per heavy atom. The van der Waals surface area contributed by atoms with Crippen molar-refractivity contribution < 1.29 is 4.79 Å². The lowest BCUT2D eigenvalue weighted by Crippen LogP contribution is -2.26. The maximum Gasteiger partial charge on any atom is 0.259 e. The Morgan fingerprint density at radius 3 is 2.54 bits per heavy atom. The van der Waals surface area contributed by atoms with E-state index in [1.54, 1.807) is 36.7 Å². The van der Waals surface area contributed by atoms with Gasteiger partial charge in [-0.3, -0.25) is 14.8 Å². The van der Waals surface area contributed by atoms with E-state index in [0.29, 0.717) is 12.1 Å². The monoisotopic (exact) mass is 318 g/mol. The fourth-order valence-corrected chi connectivity index (χ4v) is 2.32. The summed E-state index contributed by atoms with van der Waals surface area (Å²) in [6.07, 6.45) is 6.80. The molecule has 3 rings (SSSR count). The molecule has 0 saturated carbocycles. The lowest BCUT2D eigenvalue weighted by Gasteiger charge is -2.17. The maximum absolute atomic E-state index is 12.6. The molecule has 0 bridgehead atoms. The summed E-state index contributed by atoms with van der Waals surface area (Å²) >= 11 is 0. The number of nitrogens with zero attached hydrogens (tertiary/aromatic N) is 3. The Labute approximate surface area is 141 Å². The Bertz CT molecular complexity index is 806. The molecule has 2 aromatic heterocycles. The van der Waals surface area contributed by atoms with Gasteiger partial charge in [-0.15, -0.1) is 0 Å². The number of hydrogen-bond acceptors (Lipinski definition) is 4. The molecule has 0 fully saturated rings. The molecule has 3 aromatic rings. The number of hydrogen-bond donors (Lipinski definition) is 1. The highest BCUT2D eigenvalue weighted by atomic mass is 16.2. The van der Waals surface area contributed by atoms with Gasteiger partial charge in [-0.1, -0.05) is 18.2 Å². The fourth-order valence-electron chi connectivity index (χ4n) is 2.32. The van der Waals surface area contributed by atoms with Gasteiger partial charge in [-0.25, -0.2) is 0 Å². The van der Waals surface area contributed by atoms with E-state index < -0.39 is 0 Å². The first-order valence-corrected chi connectivity index (χ1v) is 7.65. The molecule has 0 radical (unpaired) electrons. The van der Waals surface area contributed by atoms with Crippen molar-refractivity contribution in [2.75, 3.05) is 17.3 Å². The largest absolute Gasteiger partial charge is 0.380 e. The average molecular weight is 318 g/mol. The molecule has 120 valence electrons. The third-order valence-corrected chi connectivity index (χ3v) is 3.68. The lowest BCUT2D eigenvalue weighted by molar-refractivity contribution is 0.0992. The van der Waals surface area contributed by atoms with Gasteiger partial charge in [-0.05, 0) is 35.9 Å². The van der Waals surface area contributed by atoms with E-state index in [-0.39, 0.29) is 5.91 Å². The predicted octanol–water partition coefficient (Wildman–Crippen LogP) is 3.37. The molecule has 1 aromatic carbocycles. The Kier molecular flexibility index (Phi) is 4.81. The second-order valence-corrected chi connectivity index (χ2v) is 5.37. The number of pyridine rings is 2. The predicted molar refractivity (Wildman–Crippen MR) is 95.0 cm³/mol. The van der Waals surface area contributed by atoms with Gasteiger partial charge in [0.15, 0.2) is 0 Å². The topological polar surface area (TPSA) is 58.1 Å². The van der Waals surface area contributed by atoms with E-state index in [1.807, 2.05) is 48.5 Å². The highest BCUT2D eigenvalue weighted by molar-refractivity contribution is 6.05. The van der Waals surface area contributed by atoms with Crippen molar-refractivity contribution in [2.45, 2.75) is 6.54 Å². The van der Waals surface area contributed by atoms with E-state index >= 15 is 0 Å². The van der Waals surface area contributed by atoms with Gasteiger partial charge in [0, 0.05) is 44.1 Å². The minimum Gasteiger partial charge on any atom is -0.380 e. The SMILES string of the molecule is CN(C(=O)c1cncc(NCc2ccncc2)c1)c1ccccc1. The normalized spacial score (nSPS) is 10.2. The van der Waals surface area contributed by atoms with Crippen LogP contribution in [0.5, 0.6) is 0 Å². The van der Waals surface area contributed by atoms with Crippen molar-refractivity contribution in [3.63, 3.8) is 0 Å². The van der Waals surface area contributed by atoms with Crippen LogP contribution >= 0.6 is 0 Å². The molecular weight excluding hydrogens is 300 g/mol. The summed E-state index contributed by atoms with van der Waals surface area (Å²) in [5, 5.41) is 3.27. The molecule has 0 saturated heterocycles. The van der Waals surface area contributed by atoms with Crippen LogP contribution < -0.4 is 10.2 Å². The fraction of sp³-hybridized carbons (Fsp3) is 0.105. The summed E-state index contributed by atoms with van der Waals surface area (Å²) in [5.74, 6) is -0.0961. The highest BCUT2D eigenvalue weighted by Crippen LogP contribution is 2.16. The number of anilines is 2. The van der Waals surface area contributed by atoms with Crippen molar-refractivity contribution in [2.24, 2.45) is 0 Å². The highest BCUT2D eigenvalue weighted by Gasteiger charge is 2.14. The van der Waals surface area contributed by atoms with Gasteiger partial charge >= 0.3 is 0 Å². The number of rotatable bonds is 5. The average Bonchev–Trinajstić information content (AvgIpc) is 2.67. The van der Waals surface area contributed by atoms with Crippen LogP contribution in [0.15, 0.2) is 73.3 Å². The van der Waals surface area contributed by atoms with Crippen LogP contribution in [0, 0.1) is 0 Å². The molecule has 1 N–H and O–H groups in total. The minimum absolute atomic E-state index is 0.0961. The molecule has 5 nitrogen and oxygen atoms in total. The first-order valence-electron chi connectivity index (χ1n) is 7.65. The number of nitrogens with one attached hydrogen (secondary N) is 1. The minimum atomic E-state index is -0.0961. The van der Waals surface area contributed by atoms with Gasteiger partial charge in [-0.2, -0.15) is 0 Å². The van der Waals surface area contributed by atoms with Crippen molar-refractivity contribution in [1.82, 2.24) is 9.97 Å². The van der Waals surface area contributed by atoms with Crippen LogP contribution in [0.1, 0.15) is 15.9 Å². The van der Waals surface area contributed by atoms with Gasteiger partial charge < -0.3 is 10.2 Å². The van der Waals surface area contributed by atoms with E-state index in [4.69, 9.17) is 0 Å². The molecule has 1 amide bonds. The first-order chi connectivity index (χ1) is 11.7. The number of aromatic nitrogens is 2. The summed E-state index contributed by atoms with van der Waals surface area (Å²) in [4.78, 5) is 22.4. The molecular formula is C19H18N4O. The van der Waals surface area contributed by atoms with Gasteiger partial charge in [0.05, 0.1) is 11.3 Å². The number of amides is 1. The summed E-state index contributed by atoms with van der Waals surface area (Å²) in [6.45, 7) is 0.649. The molecule has 0 aliphatic heterocycles. The summed E-state index contributed by atoms with van der Waals surface area (Å²) < 4.78 is 0. The van der Waals surface area contributed by atoms with Crippen LogP contribution in [0.3, 0.4) is 0 Å². The van der Waals surface area contributed by atoms with Crippen molar-refractivity contribution in [3.05, 3.63) is 84.4 Å². The van der Waals surface area contributed by atoms with Crippen LogP contribution in [-0.4, -0.2) is 22.9 Å². The zero-order valence-corrected chi connectivity index (χ0v) is 13.4. The Morgan fingerprint density at radius 1 is 1.04 bits per heavy atom. The zero-order chi connectivity index (χ0) is 16.8. The summed E-state index contributed by atoms with van der Waals surface area (Å²) in [7, 11) is 1.76. The molecule has 0 aliphatic carbocycles. The van der Waals surface area contributed by atoms with Crippen LogP contribution in [0.25, 0.3) is 0 Å². The maximum atomic E-state index is 12.6. The lowest BCUT2D eigenvalue weighted by atomic mass is 10.2. The number of benzene rings is 1. The number of carbonyl (C=O) groups is 1. The van der Waals surface area contributed by atoms with Crippen LogP contribution in [0.4, 0.5) is 11.4 Å². The standard InChI is InChI=1S/C19H18N4O/c1-23(18-5-3-2-4-6-18)19(24)16-11-17(14-21-13-16)22-12-15-7-9-20-10-8-15/h2-11,13-14,22H,12H2,1H3. The quantitative estimate of drug-likeness (QED) is 0.783. The third-order valence-electron chi connectivity index (χ3n) is 3.68. The van der Waals surface area contributed by atoms with Crippen molar-refractivity contribution in [1.29, 1.82) is 0 Å². The molecule has 5 heteroatoms. The third kappa shape index (κ3) is 3.76. The second kappa shape index (κ2) is 7.37. The molecule has 24 heavy (non-hydrogen) atoms. The van der Waals surface area contributed by atoms with Gasteiger partial charge in [0.2, 0.25) is 0 Å². The van der Waals surface area contributed by atoms with Crippen LogP contribution in [0.2, 0.25) is 0 Å². The summed E-state index contributed by atoms with van der Waals surface area (Å²) in [6, 6.07) is 15.2. The van der Waals surface area contributed by atoms with Crippen molar-refractivity contribution in [3.8, 4) is 0 Å². The molecule has 2 heterocycles. The summed E-state index contributed by atoms with van der Waals surface area (Å²) in [5.41, 5.74) is 3.31. The molecule has 0 atom stereocenters. The number of carbonyl (C=O) groups excluding carboxylic acids is 1. The molecule has 0 aliphatic rings. The molecule has 0 spiro atoms. The van der Waals surface area contributed by atoms with Gasteiger partial charge in [0.25, 0.3) is 5.91 Å². The van der Waals surface area contributed by atoms with E-state index in [2.05, 4.69) is 15.3 Å². The number of para-hydroxylation sites is 1. The first kappa shape index (κ1) is 15.7. The Balaban J connectivity index is 1.71. The van der Waals surface area contributed by atoms with Gasteiger partial charge in [0.1, 0.15) is 0 Å². The second-order valence-electron chi connectivity index (χ2n) is 5.37. The smallest absolute Gasteiger partial charge is 0.259 e. The van der Waals surface area contributed by atoms with E-state index in [9.17, 15) is 4.79 Å². The van der Waals surface area contributed by atoms with E-state index in [1.165, 1.54) is 0 Å². The van der Waals surface area contributed by atoms with Crippen LogP contribution in [-0.2, 0) is 6.54 Å². The molecule has 0 unspecified atom stereocenters. The Hall–Kier alpha value is -3.21. The zero-order valence-electron chi connectivity index (χ0n) is 13.4. The van der Waals surface area contributed by atoms with E-state index in [0.717, 1.165) is 16.9 Å².